The van der Waals surface area contributed by atoms with Crippen LogP contribution in [0.3, 0.4) is 0 Å². The van der Waals surface area contributed by atoms with Gasteiger partial charge in [-0.2, -0.15) is 23.5 Å². The quantitative estimate of drug-likeness (QED) is 0.878. The summed E-state index contributed by atoms with van der Waals surface area (Å²) in [4.78, 5) is 0. The molecule has 1 N–H and O–H groups in total. The highest BCUT2D eigenvalue weighted by Crippen LogP contribution is 2.23. The Kier molecular flexibility index (Phi) is 4.47. The minimum Gasteiger partial charge on any atom is -0.465 e. The first-order valence-electron chi connectivity index (χ1n) is 5.30. The molecule has 2 rings (SSSR count). The van der Waals surface area contributed by atoms with Crippen molar-refractivity contribution in [3.63, 3.8) is 0 Å². The number of nitrogens with one attached hydrogen (secondary N) is 1. The average Bonchev–Trinajstić information content (AvgIpc) is 2.66. The molecule has 1 atom stereocenters. The van der Waals surface area contributed by atoms with Gasteiger partial charge >= 0.3 is 0 Å². The SMILES string of the molecule is Cc1ccc(CNCC2CSCCS2)o1. The number of hydrogen-bond acceptors (Lipinski definition) is 4. The van der Waals surface area contributed by atoms with E-state index in [1.807, 2.05) is 19.1 Å². The van der Waals surface area contributed by atoms with E-state index in [9.17, 15) is 0 Å². The summed E-state index contributed by atoms with van der Waals surface area (Å²) in [6.07, 6.45) is 0. The van der Waals surface area contributed by atoms with E-state index in [0.717, 1.165) is 29.9 Å². The highest BCUT2D eigenvalue weighted by atomic mass is 32.2. The van der Waals surface area contributed by atoms with Crippen LogP contribution in [0.4, 0.5) is 0 Å². The molecule has 1 aliphatic rings. The van der Waals surface area contributed by atoms with Crippen LogP contribution in [0.15, 0.2) is 16.5 Å². The largest absolute Gasteiger partial charge is 0.465 e. The Balaban J connectivity index is 1.65. The molecular weight excluding hydrogens is 226 g/mol. The van der Waals surface area contributed by atoms with Crippen LogP contribution in [-0.2, 0) is 6.54 Å². The Labute approximate surface area is 99.6 Å². The lowest BCUT2D eigenvalue weighted by Gasteiger charge is -2.20. The van der Waals surface area contributed by atoms with Gasteiger partial charge in [-0.3, -0.25) is 0 Å². The molecule has 0 spiro atoms. The van der Waals surface area contributed by atoms with Gasteiger partial charge in [0.25, 0.3) is 0 Å². The summed E-state index contributed by atoms with van der Waals surface area (Å²) >= 11 is 4.16. The van der Waals surface area contributed by atoms with Gasteiger partial charge in [0.15, 0.2) is 0 Å². The monoisotopic (exact) mass is 243 g/mol. The lowest BCUT2D eigenvalue weighted by Crippen LogP contribution is -2.28. The van der Waals surface area contributed by atoms with Gasteiger partial charge in [0.1, 0.15) is 11.5 Å². The maximum atomic E-state index is 5.50. The van der Waals surface area contributed by atoms with Gasteiger partial charge in [-0.1, -0.05) is 0 Å². The van der Waals surface area contributed by atoms with E-state index in [1.54, 1.807) is 0 Å². The fraction of sp³-hybridized carbons (Fsp3) is 0.636. The molecule has 0 aliphatic carbocycles. The summed E-state index contributed by atoms with van der Waals surface area (Å²) in [5.41, 5.74) is 0. The molecule has 1 aliphatic heterocycles. The van der Waals surface area contributed by atoms with Crippen molar-refractivity contribution in [2.24, 2.45) is 0 Å². The van der Waals surface area contributed by atoms with Crippen LogP contribution in [0.25, 0.3) is 0 Å². The Bertz CT molecular complexity index is 295. The second-order valence-electron chi connectivity index (χ2n) is 3.71. The van der Waals surface area contributed by atoms with E-state index in [-0.39, 0.29) is 0 Å². The van der Waals surface area contributed by atoms with Crippen molar-refractivity contribution in [3.8, 4) is 0 Å². The van der Waals surface area contributed by atoms with Crippen molar-refractivity contribution in [3.05, 3.63) is 23.7 Å². The summed E-state index contributed by atoms with van der Waals surface area (Å²) in [7, 11) is 0. The molecule has 1 aromatic rings. The standard InChI is InChI=1S/C11H17NOS2/c1-9-2-3-10(13-9)6-12-7-11-8-14-4-5-15-11/h2-3,11-12H,4-8H2,1H3. The van der Waals surface area contributed by atoms with Crippen LogP contribution in [0, 0.1) is 6.92 Å². The van der Waals surface area contributed by atoms with Crippen LogP contribution >= 0.6 is 23.5 Å². The summed E-state index contributed by atoms with van der Waals surface area (Å²) in [5, 5.41) is 4.23. The summed E-state index contributed by atoms with van der Waals surface area (Å²) < 4.78 is 5.50. The van der Waals surface area contributed by atoms with Crippen LogP contribution in [-0.4, -0.2) is 29.1 Å². The van der Waals surface area contributed by atoms with E-state index in [0.29, 0.717) is 0 Å². The summed E-state index contributed by atoms with van der Waals surface area (Å²) in [5.74, 6) is 5.94. The summed E-state index contributed by atoms with van der Waals surface area (Å²) in [6, 6.07) is 4.06. The maximum absolute atomic E-state index is 5.50. The van der Waals surface area contributed by atoms with Gasteiger partial charge in [-0.25, -0.2) is 0 Å². The molecule has 2 nitrogen and oxygen atoms in total. The van der Waals surface area contributed by atoms with E-state index in [1.165, 1.54) is 17.3 Å². The molecule has 15 heavy (non-hydrogen) atoms. The number of thioether (sulfide) groups is 2. The zero-order valence-corrected chi connectivity index (χ0v) is 10.6. The second kappa shape index (κ2) is 5.87. The van der Waals surface area contributed by atoms with Crippen molar-refractivity contribution < 1.29 is 4.42 Å². The summed E-state index contributed by atoms with van der Waals surface area (Å²) in [6.45, 7) is 3.93. The van der Waals surface area contributed by atoms with Crippen molar-refractivity contribution in [2.45, 2.75) is 18.7 Å². The average molecular weight is 243 g/mol. The molecule has 2 heterocycles. The third-order valence-corrected chi connectivity index (χ3v) is 5.20. The smallest absolute Gasteiger partial charge is 0.117 e. The first-order chi connectivity index (χ1) is 7.34. The third kappa shape index (κ3) is 3.78. The Hall–Kier alpha value is -0.0600. The molecule has 84 valence electrons. The lowest BCUT2D eigenvalue weighted by atomic mass is 10.4. The zero-order valence-electron chi connectivity index (χ0n) is 8.99. The van der Waals surface area contributed by atoms with Gasteiger partial charge < -0.3 is 9.73 Å². The molecule has 1 saturated heterocycles. The molecular formula is C11H17NOS2. The minimum atomic E-state index is 0.778. The lowest BCUT2D eigenvalue weighted by molar-refractivity contribution is 0.463. The highest BCUT2D eigenvalue weighted by Gasteiger charge is 2.13. The van der Waals surface area contributed by atoms with Crippen molar-refractivity contribution in [2.75, 3.05) is 23.8 Å². The van der Waals surface area contributed by atoms with Crippen LogP contribution in [0.1, 0.15) is 11.5 Å². The van der Waals surface area contributed by atoms with Gasteiger partial charge in [0.2, 0.25) is 0 Å². The second-order valence-corrected chi connectivity index (χ2v) is 6.27. The maximum Gasteiger partial charge on any atom is 0.117 e. The van der Waals surface area contributed by atoms with E-state index < -0.39 is 0 Å². The van der Waals surface area contributed by atoms with Crippen molar-refractivity contribution >= 4 is 23.5 Å². The fourth-order valence-corrected chi connectivity index (χ4v) is 4.24. The molecule has 0 radical (unpaired) electrons. The third-order valence-electron chi connectivity index (χ3n) is 2.35. The first-order valence-corrected chi connectivity index (χ1v) is 7.50. The van der Waals surface area contributed by atoms with E-state index in [4.69, 9.17) is 4.42 Å². The van der Waals surface area contributed by atoms with Crippen molar-refractivity contribution in [1.82, 2.24) is 5.32 Å². The van der Waals surface area contributed by atoms with Gasteiger partial charge in [-0.15, -0.1) is 0 Å². The predicted molar refractivity (Wildman–Crippen MR) is 68.7 cm³/mol. The van der Waals surface area contributed by atoms with E-state index >= 15 is 0 Å². The first kappa shape index (κ1) is 11.4. The Morgan fingerprint density at radius 3 is 3.07 bits per heavy atom. The van der Waals surface area contributed by atoms with Crippen LogP contribution < -0.4 is 5.32 Å². The number of furan rings is 1. The predicted octanol–water partition coefficient (Wildman–Crippen LogP) is 2.53. The van der Waals surface area contributed by atoms with Gasteiger partial charge in [0.05, 0.1) is 6.54 Å². The Morgan fingerprint density at radius 2 is 2.40 bits per heavy atom. The topological polar surface area (TPSA) is 25.2 Å². The van der Waals surface area contributed by atoms with E-state index in [2.05, 4.69) is 28.8 Å². The molecule has 0 amide bonds. The van der Waals surface area contributed by atoms with Gasteiger partial charge in [-0.05, 0) is 19.1 Å². The number of hydrogen-bond donors (Lipinski definition) is 1. The molecule has 0 bridgehead atoms. The van der Waals surface area contributed by atoms with Crippen LogP contribution in [0.2, 0.25) is 0 Å². The molecule has 1 unspecified atom stereocenters. The van der Waals surface area contributed by atoms with Gasteiger partial charge in [0, 0.05) is 29.1 Å². The minimum absolute atomic E-state index is 0.778. The molecule has 1 fully saturated rings. The fourth-order valence-electron chi connectivity index (χ4n) is 1.59. The normalized spacial score (nSPS) is 21.8. The Morgan fingerprint density at radius 1 is 1.47 bits per heavy atom. The number of rotatable bonds is 4. The molecule has 1 aromatic heterocycles. The zero-order chi connectivity index (χ0) is 10.5. The van der Waals surface area contributed by atoms with Crippen molar-refractivity contribution in [1.29, 1.82) is 0 Å². The molecule has 4 heteroatoms. The number of aryl methyl sites for hydroxylation is 1. The highest BCUT2D eigenvalue weighted by molar-refractivity contribution is 8.06. The van der Waals surface area contributed by atoms with Crippen LogP contribution in [0.5, 0.6) is 0 Å². The molecule has 0 aromatic carbocycles. The molecule has 0 saturated carbocycles.